The smallest absolute Gasteiger partial charge is 0.203 e. The number of benzene rings is 2. The summed E-state index contributed by atoms with van der Waals surface area (Å²) in [5.41, 5.74) is 1.16. The predicted molar refractivity (Wildman–Crippen MR) is 104 cm³/mol. The fraction of sp³-hybridized carbons (Fsp3) is 0.381. The number of ether oxygens (including phenoxy) is 7. The molecule has 0 saturated carbocycles. The number of methoxy groups -OCH3 is 6. The van der Waals surface area contributed by atoms with Gasteiger partial charge in [-0.2, -0.15) is 0 Å². The molecule has 2 atom stereocenters. The fourth-order valence-electron chi connectivity index (χ4n) is 3.22. The maximum atomic E-state index is 13.0. The van der Waals surface area contributed by atoms with Crippen molar-refractivity contribution in [3.8, 4) is 34.5 Å². The average molecular weight is 404 g/mol. The molecule has 0 aliphatic carbocycles. The van der Waals surface area contributed by atoms with Gasteiger partial charge in [-0.15, -0.1) is 0 Å². The second kappa shape index (κ2) is 8.48. The van der Waals surface area contributed by atoms with Gasteiger partial charge in [-0.3, -0.25) is 4.79 Å². The standard InChI is InChI=1S/C21H24O8/c1-23-13-7-11(8-14(24-2)19(13)27-5)17(22)21-18(29-21)12-9-15(25-3)20(28-6)16(10-12)26-4/h7-10,18,21H,1-6H3. The Hall–Kier alpha value is -3.13. The summed E-state index contributed by atoms with van der Waals surface area (Å²) in [5.74, 6) is 2.51. The number of epoxide rings is 1. The molecule has 1 saturated heterocycles. The predicted octanol–water partition coefficient (Wildman–Crippen LogP) is 3.06. The number of Topliss-reactive ketones (excluding diaryl/α,β-unsaturated/α-hetero) is 1. The molecule has 1 aliphatic rings. The number of hydrogen-bond acceptors (Lipinski definition) is 8. The monoisotopic (exact) mass is 404 g/mol. The van der Waals surface area contributed by atoms with Crippen molar-refractivity contribution in [1.82, 2.24) is 0 Å². The van der Waals surface area contributed by atoms with E-state index >= 15 is 0 Å². The minimum atomic E-state index is -0.638. The van der Waals surface area contributed by atoms with E-state index in [9.17, 15) is 4.79 Å². The molecule has 29 heavy (non-hydrogen) atoms. The first kappa shape index (κ1) is 20.6. The molecule has 0 amide bonds. The van der Waals surface area contributed by atoms with Crippen LogP contribution in [0.2, 0.25) is 0 Å². The first-order chi connectivity index (χ1) is 14.0. The van der Waals surface area contributed by atoms with Gasteiger partial charge in [-0.05, 0) is 29.8 Å². The lowest BCUT2D eigenvalue weighted by atomic mass is 10.0. The number of carbonyl (C=O) groups excluding carboxylic acids is 1. The molecule has 1 fully saturated rings. The van der Waals surface area contributed by atoms with Gasteiger partial charge < -0.3 is 33.2 Å². The highest BCUT2D eigenvalue weighted by Gasteiger charge is 2.47. The van der Waals surface area contributed by atoms with Crippen LogP contribution < -0.4 is 28.4 Å². The van der Waals surface area contributed by atoms with Gasteiger partial charge >= 0.3 is 0 Å². The van der Waals surface area contributed by atoms with Crippen LogP contribution in [0, 0.1) is 0 Å². The molecule has 2 aromatic carbocycles. The maximum absolute atomic E-state index is 13.0. The van der Waals surface area contributed by atoms with Gasteiger partial charge in [0.25, 0.3) is 0 Å². The topological polar surface area (TPSA) is 85.0 Å². The summed E-state index contributed by atoms with van der Waals surface area (Å²) in [6, 6.07) is 6.76. The summed E-state index contributed by atoms with van der Waals surface area (Å²) < 4.78 is 37.7. The molecule has 1 heterocycles. The minimum absolute atomic E-state index is 0.192. The van der Waals surface area contributed by atoms with Crippen molar-refractivity contribution in [3.05, 3.63) is 35.4 Å². The highest BCUT2D eigenvalue weighted by Crippen LogP contribution is 2.48. The third-order valence-electron chi connectivity index (χ3n) is 4.71. The first-order valence-corrected chi connectivity index (χ1v) is 8.82. The number of hydrogen-bond donors (Lipinski definition) is 0. The Morgan fingerprint density at radius 2 is 1.10 bits per heavy atom. The fourth-order valence-corrected chi connectivity index (χ4v) is 3.22. The van der Waals surface area contributed by atoms with Gasteiger partial charge in [0.15, 0.2) is 34.9 Å². The number of ketones is 1. The van der Waals surface area contributed by atoms with Crippen molar-refractivity contribution in [3.63, 3.8) is 0 Å². The lowest BCUT2D eigenvalue weighted by Gasteiger charge is -2.14. The van der Waals surface area contributed by atoms with Crippen LogP contribution in [0.5, 0.6) is 34.5 Å². The molecule has 0 radical (unpaired) electrons. The minimum Gasteiger partial charge on any atom is -0.493 e. The SMILES string of the molecule is COc1cc(C(=O)C2OC2c2cc(OC)c(OC)c(OC)c2)cc(OC)c1OC. The summed E-state index contributed by atoms with van der Waals surface area (Å²) in [6.45, 7) is 0. The molecule has 0 bridgehead atoms. The van der Waals surface area contributed by atoms with Crippen molar-refractivity contribution in [2.45, 2.75) is 12.2 Å². The van der Waals surface area contributed by atoms with E-state index in [4.69, 9.17) is 33.2 Å². The Balaban J connectivity index is 1.90. The molecule has 8 nitrogen and oxygen atoms in total. The van der Waals surface area contributed by atoms with Gasteiger partial charge in [0.2, 0.25) is 11.5 Å². The Labute approximate surface area is 169 Å². The normalized spacial score (nSPS) is 17.3. The second-order valence-corrected chi connectivity index (χ2v) is 6.21. The molecule has 8 heteroatoms. The van der Waals surface area contributed by atoms with E-state index in [1.165, 1.54) is 42.7 Å². The largest absolute Gasteiger partial charge is 0.493 e. The molecule has 0 aromatic heterocycles. The van der Waals surface area contributed by atoms with E-state index in [-0.39, 0.29) is 5.78 Å². The van der Waals surface area contributed by atoms with Gasteiger partial charge in [-0.1, -0.05) is 0 Å². The zero-order valence-corrected chi connectivity index (χ0v) is 17.2. The average Bonchev–Trinajstić information content (AvgIpc) is 3.57. The van der Waals surface area contributed by atoms with Crippen LogP contribution in [-0.2, 0) is 4.74 Å². The Bertz CT molecular complexity index is 858. The molecule has 2 aromatic rings. The van der Waals surface area contributed by atoms with E-state index in [0.717, 1.165) is 5.56 Å². The third-order valence-corrected chi connectivity index (χ3v) is 4.71. The molecule has 2 unspecified atom stereocenters. The third kappa shape index (κ3) is 3.75. The van der Waals surface area contributed by atoms with Crippen molar-refractivity contribution >= 4 is 5.78 Å². The van der Waals surface area contributed by atoms with Gasteiger partial charge in [0.05, 0.1) is 42.7 Å². The Morgan fingerprint density at radius 3 is 1.48 bits per heavy atom. The molecule has 0 spiro atoms. The highest BCUT2D eigenvalue weighted by molar-refractivity contribution is 6.02. The molecule has 3 rings (SSSR count). The van der Waals surface area contributed by atoms with Crippen molar-refractivity contribution in [1.29, 1.82) is 0 Å². The lowest BCUT2D eigenvalue weighted by molar-refractivity contribution is 0.0953. The van der Waals surface area contributed by atoms with Crippen molar-refractivity contribution in [2.75, 3.05) is 42.7 Å². The van der Waals surface area contributed by atoms with Crippen LogP contribution in [-0.4, -0.2) is 54.5 Å². The lowest BCUT2D eigenvalue weighted by Crippen LogP contribution is -2.09. The second-order valence-electron chi connectivity index (χ2n) is 6.21. The van der Waals surface area contributed by atoms with E-state index < -0.39 is 12.2 Å². The summed E-state index contributed by atoms with van der Waals surface area (Å²) in [4.78, 5) is 13.0. The zero-order chi connectivity index (χ0) is 21.1. The zero-order valence-electron chi connectivity index (χ0n) is 17.2. The first-order valence-electron chi connectivity index (χ1n) is 8.82. The van der Waals surface area contributed by atoms with E-state index in [1.807, 2.05) is 0 Å². The number of carbonyl (C=O) groups is 1. The van der Waals surface area contributed by atoms with Gasteiger partial charge in [-0.25, -0.2) is 0 Å². The van der Waals surface area contributed by atoms with E-state index in [2.05, 4.69) is 0 Å². The van der Waals surface area contributed by atoms with E-state index in [0.29, 0.717) is 40.1 Å². The highest BCUT2D eigenvalue weighted by atomic mass is 16.6. The van der Waals surface area contributed by atoms with Crippen LogP contribution >= 0.6 is 0 Å². The van der Waals surface area contributed by atoms with E-state index in [1.54, 1.807) is 24.3 Å². The maximum Gasteiger partial charge on any atom is 0.203 e. The van der Waals surface area contributed by atoms with Gasteiger partial charge in [0.1, 0.15) is 6.10 Å². The summed E-state index contributed by atoms with van der Waals surface area (Å²) in [6.07, 6.45) is -1.06. The molecule has 156 valence electrons. The molecular formula is C21H24O8. The van der Waals surface area contributed by atoms with Gasteiger partial charge in [0, 0.05) is 5.56 Å². The quantitative estimate of drug-likeness (QED) is 0.466. The van der Waals surface area contributed by atoms with Crippen molar-refractivity contribution < 1.29 is 38.0 Å². The van der Waals surface area contributed by atoms with Crippen LogP contribution in [0.25, 0.3) is 0 Å². The summed E-state index contributed by atoms with van der Waals surface area (Å²) in [5, 5.41) is 0. The van der Waals surface area contributed by atoms with Crippen molar-refractivity contribution in [2.24, 2.45) is 0 Å². The molecule has 1 aliphatic heterocycles. The Morgan fingerprint density at radius 1 is 0.690 bits per heavy atom. The molecular weight excluding hydrogens is 380 g/mol. The van der Waals surface area contributed by atoms with Crippen LogP contribution in [0.15, 0.2) is 24.3 Å². The Kier molecular flexibility index (Phi) is 6.03. The summed E-state index contributed by atoms with van der Waals surface area (Å²) in [7, 11) is 9.10. The number of rotatable bonds is 9. The van der Waals surface area contributed by atoms with Crippen LogP contribution in [0.3, 0.4) is 0 Å². The summed E-state index contributed by atoms with van der Waals surface area (Å²) >= 11 is 0. The van der Waals surface area contributed by atoms with Crippen LogP contribution in [0.4, 0.5) is 0 Å². The van der Waals surface area contributed by atoms with Crippen LogP contribution in [0.1, 0.15) is 22.0 Å². The molecule has 0 N–H and O–H groups in total.